The zero-order valence-electron chi connectivity index (χ0n) is 11.4. The minimum absolute atomic E-state index is 0.107. The van der Waals surface area contributed by atoms with Crippen molar-refractivity contribution in [1.82, 2.24) is 0 Å². The Balaban J connectivity index is 2.01. The summed E-state index contributed by atoms with van der Waals surface area (Å²) in [5, 5.41) is 0. The van der Waals surface area contributed by atoms with E-state index in [4.69, 9.17) is 18.9 Å². The molecule has 2 atom stereocenters. The second-order valence-corrected chi connectivity index (χ2v) is 4.33. The Labute approximate surface area is 109 Å². The van der Waals surface area contributed by atoms with Crippen LogP contribution in [-0.2, 0) is 23.7 Å². The quantitative estimate of drug-likeness (QED) is 0.522. The van der Waals surface area contributed by atoms with E-state index in [0.717, 1.165) is 19.4 Å². The topological polar surface area (TPSA) is 54.0 Å². The first-order valence-electron chi connectivity index (χ1n) is 6.62. The second-order valence-electron chi connectivity index (χ2n) is 4.33. The van der Waals surface area contributed by atoms with E-state index in [1.165, 1.54) is 0 Å². The van der Waals surface area contributed by atoms with Gasteiger partial charge in [0.1, 0.15) is 6.10 Å². The van der Waals surface area contributed by atoms with Gasteiger partial charge in [-0.1, -0.05) is 13.3 Å². The highest BCUT2D eigenvalue weighted by atomic mass is 16.6. The highest BCUT2D eigenvalue weighted by Crippen LogP contribution is 2.22. The number of hydrogen-bond acceptors (Lipinski definition) is 5. The van der Waals surface area contributed by atoms with Gasteiger partial charge in [0, 0.05) is 20.1 Å². The lowest BCUT2D eigenvalue weighted by Gasteiger charge is -2.34. The highest BCUT2D eigenvalue weighted by molar-refractivity contribution is 5.90. The van der Waals surface area contributed by atoms with Crippen LogP contribution in [0.25, 0.3) is 0 Å². The number of ketones is 1. The third-order valence-electron chi connectivity index (χ3n) is 2.84. The van der Waals surface area contributed by atoms with Crippen LogP contribution in [0.1, 0.15) is 26.2 Å². The molecule has 0 saturated heterocycles. The summed E-state index contributed by atoms with van der Waals surface area (Å²) in [5.41, 5.74) is 0. The third kappa shape index (κ3) is 5.44. The van der Waals surface area contributed by atoms with E-state index in [-0.39, 0.29) is 11.9 Å². The van der Waals surface area contributed by atoms with E-state index in [1.54, 1.807) is 7.11 Å². The molecular formula is C13H24O5. The third-order valence-corrected chi connectivity index (χ3v) is 2.84. The van der Waals surface area contributed by atoms with E-state index in [0.29, 0.717) is 32.8 Å². The lowest BCUT2D eigenvalue weighted by molar-refractivity contribution is -0.169. The molecule has 0 aromatic heterocycles. The number of Topliss-reactive ketones (excluding diaryl/α,β-unsaturated/α-hetero) is 1. The fourth-order valence-electron chi connectivity index (χ4n) is 1.68. The fourth-order valence-corrected chi connectivity index (χ4v) is 1.68. The van der Waals surface area contributed by atoms with Crippen molar-refractivity contribution in [3.8, 4) is 0 Å². The maximum atomic E-state index is 11.3. The van der Waals surface area contributed by atoms with Crippen molar-refractivity contribution < 1.29 is 23.7 Å². The molecule has 2 unspecified atom stereocenters. The SMILES string of the molecule is CCCCOCCOC1CC(=O)C1OCCOC. The number of unbranched alkanes of at least 4 members (excludes halogenated alkanes) is 1. The minimum atomic E-state index is -0.407. The van der Waals surface area contributed by atoms with Crippen LogP contribution in [0.5, 0.6) is 0 Å². The van der Waals surface area contributed by atoms with Crippen molar-refractivity contribution in [1.29, 1.82) is 0 Å². The van der Waals surface area contributed by atoms with Crippen LogP contribution in [0.3, 0.4) is 0 Å². The summed E-state index contributed by atoms with van der Waals surface area (Å²) < 4.78 is 21.2. The molecule has 5 nitrogen and oxygen atoms in total. The first-order valence-corrected chi connectivity index (χ1v) is 6.62. The average molecular weight is 260 g/mol. The molecule has 0 amide bonds. The summed E-state index contributed by atoms with van der Waals surface area (Å²) in [6, 6.07) is 0. The summed E-state index contributed by atoms with van der Waals surface area (Å²) in [7, 11) is 1.60. The van der Waals surface area contributed by atoms with Gasteiger partial charge in [0.25, 0.3) is 0 Å². The van der Waals surface area contributed by atoms with Crippen LogP contribution in [-0.4, -0.2) is 58.1 Å². The van der Waals surface area contributed by atoms with Gasteiger partial charge < -0.3 is 18.9 Å². The molecule has 0 radical (unpaired) electrons. The molecular weight excluding hydrogens is 236 g/mol. The van der Waals surface area contributed by atoms with Gasteiger partial charge in [0.2, 0.25) is 0 Å². The Morgan fingerprint density at radius 1 is 1.11 bits per heavy atom. The number of ether oxygens (including phenoxy) is 4. The van der Waals surface area contributed by atoms with Crippen molar-refractivity contribution in [2.45, 2.75) is 38.4 Å². The lowest BCUT2D eigenvalue weighted by Crippen LogP contribution is -2.51. The van der Waals surface area contributed by atoms with Crippen LogP contribution in [0.15, 0.2) is 0 Å². The summed E-state index contributed by atoms with van der Waals surface area (Å²) in [6.07, 6.45) is 2.14. The maximum Gasteiger partial charge on any atom is 0.166 e. The van der Waals surface area contributed by atoms with Crippen LogP contribution in [0.2, 0.25) is 0 Å². The van der Waals surface area contributed by atoms with Gasteiger partial charge in [-0.05, 0) is 6.42 Å². The second kappa shape index (κ2) is 9.44. The zero-order valence-corrected chi connectivity index (χ0v) is 11.4. The molecule has 0 bridgehead atoms. The smallest absolute Gasteiger partial charge is 0.166 e. The normalized spacial score (nSPS) is 23.1. The first-order chi connectivity index (χ1) is 8.79. The highest BCUT2D eigenvalue weighted by Gasteiger charge is 2.41. The minimum Gasteiger partial charge on any atom is -0.382 e. The molecule has 18 heavy (non-hydrogen) atoms. The largest absolute Gasteiger partial charge is 0.382 e. The van der Waals surface area contributed by atoms with Crippen LogP contribution in [0.4, 0.5) is 0 Å². The molecule has 1 rings (SSSR count). The molecule has 0 aromatic rings. The van der Waals surface area contributed by atoms with Crippen LogP contribution < -0.4 is 0 Å². The lowest BCUT2D eigenvalue weighted by atomic mass is 9.90. The van der Waals surface area contributed by atoms with E-state index >= 15 is 0 Å². The van der Waals surface area contributed by atoms with Crippen molar-refractivity contribution >= 4 is 5.78 Å². The Hall–Kier alpha value is -0.490. The average Bonchev–Trinajstić information content (AvgIpc) is 2.37. The van der Waals surface area contributed by atoms with E-state index in [1.807, 2.05) is 0 Å². The molecule has 0 aliphatic heterocycles. The Kier molecular flexibility index (Phi) is 8.17. The van der Waals surface area contributed by atoms with Gasteiger partial charge in [-0.25, -0.2) is 0 Å². The fraction of sp³-hybridized carbons (Fsp3) is 0.923. The predicted octanol–water partition coefficient (Wildman–Crippen LogP) is 1.19. The van der Waals surface area contributed by atoms with E-state index in [2.05, 4.69) is 6.92 Å². The summed E-state index contributed by atoms with van der Waals surface area (Å²) >= 11 is 0. The zero-order chi connectivity index (χ0) is 13.2. The number of hydrogen-bond donors (Lipinski definition) is 0. The maximum absolute atomic E-state index is 11.3. The summed E-state index contributed by atoms with van der Waals surface area (Å²) in [6.45, 7) is 4.93. The number of carbonyl (C=O) groups is 1. The molecule has 0 aromatic carbocycles. The summed E-state index contributed by atoms with van der Waals surface area (Å²) in [5.74, 6) is 0.114. The monoisotopic (exact) mass is 260 g/mol. The molecule has 1 aliphatic carbocycles. The van der Waals surface area contributed by atoms with Crippen molar-refractivity contribution in [2.24, 2.45) is 0 Å². The van der Waals surface area contributed by atoms with Gasteiger partial charge in [-0.15, -0.1) is 0 Å². The van der Waals surface area contributed by atoms with Crippen LogP contribution >= 0.6 is 0 Å². The van der Waals surface area contributed by atoms with Gasteiger partial charge in [0.05, 0.1) is 32.5 Å². The predicted molar refractivity (Wildman–Crippen MR) is 66.7 cm³/mol. The van der Waals surface area contributed by atoms with Crippen molar-refractivity contribution in [3.05, 3.63) is 0 Å². The van der Waals surface area contributed by atoms with E-state index in [9.17, 15) is 4.79 Å². The molecule has 5 heteroatoms. The Morgan fingerprint density at radius 3 is 2.56 bits per heavy atom. The molecule has 1 fully saturated rings. The number of carbonyl (C=O) groups excluding carboxylic acids is 1. The molecule has 106 valence electrons. The molecule has 0 spiro atoms. The van der Waals surface area contributed by atoms with Crippen molar-refractivity contribution in [2.75, 3.05) is 40.1 Å². The standard InChI is InChI=1S/C13H24O5/c1-3-4-5-16-7-9-17-12-10-11(14)13(12)18-8-6-15-2/h12-13H,3-10H2,1-2H3. The van der Waals surface area contributed by atoms with Gasteiger partial charge >= 0.3 is 0 Å². The van der Waals surface area contributed by atoms with E-state index < -0.39 is 6.10 Å². The molecule has 1 saturated carbocycles. The van der Waals surface area contributed by atoms with Crippen LogP contribution in [0, 0.1) is 0 Å². The Bertz CT molecular complexity index is 231. The number of methoxy groups -OCH3 is 1. The molecule has 1 aliphatic rings. The summed E-state index contributed by atoms with van der Waals surface area (Å²) in [4.78, 5) is 11.3. The number of rotatable bonds is 11. The molecule has 0 N–H and O–H groups in total. The first kappa shape index (κ1) is 15.6. The van der Waals surface area contributed by atoms with Crippen molar-refractivity contribution in [3.63, 3.8) is 0 Å². The van der Waals surface area contributed by atoms with Gasteiger partial charge in [-0.3, -0.25) is 4.79 Å². The molecule has 0 heterocycles. The van der Waals surface area contributed by atoms with Gasteiger partial charge in [-0.2, -0.15) is 0 Å². The van der Waals surface area contributed by atoms with Gasteiger partial charge in [0.15, 0.2) is 5.78 Å². The Morgan fingerprint density at radius 2 is 1.89 bits per heavy atom.